The van der Waals surface area contributed by atoms with Crippen molar-refractivity contribution in [2.45, 2.75) is 32.7 Å². The number of nitrogens with zero attached hydrogens (tertiary/aromatic N) is 2. The first kappa shape index (κ1) is 22.4. The van der Waals surface area contributed by atoms with Crippen molar-refractivity contribution < 1.29 is 14.1 Å². The van der Waals surface area contributed by atoms with E-state index in [1.165, 1.54) is 17.8 Å². The molecule has 32 heavy (non-hydrogen) atoms. The van der Waals surface area contributed by atoms with Gasteiger partial charge in [-0.25, -0.2) is 0 Å². The first-order chi connectivity index (χ1) is 15.5. The Bertz CT molecular complexity index is 1100. The van der Waals surface area contributed by atoms with Crippen LogP contribution in [0.5, 0.6) is 5.75 Å². The lowest BCUT2D eigenvalue weighted by Gasteiger charge is -2.29. The third kappa shape index (κ3) is 5.14. The molecular weight excluding hydrogens is 448 g/mol. The van der Waals surface area contributed by atoms with Crippen molar-refractivity contribution in [3.8, 4) is 17.0 Å². The summed E-state index contributed by atoms with van der Waals surface area (Å²) in [5.41, 5.74) is 2.23. The lowest BCUT2D eigenvalue weighted by atomic mass is 10.0. The molecule has 1 saturated heterocycles. The molecule has 0 radical (unpaired) electrons. The quantitative estimate of drug-likeness (QED) is 0.364. The second kappa shape index (κ2) is 10.2. The van der Waals surface area contributed by atoms with Crippen LogP contribution in [0.4, 0.5) is 0 Å². The van der Waals surface area contributed by atoms with Crippen LogP contribution in [0, 0.1) is 5.41 Å². The number of ether oxygens (including phenoxy) is 1. The first-order valence-corrected chi connectivity index (χ1v) is 11.8. The Labute approximate surface area is 195 Å². The highest BCUT2D eigenvalue weighted by molar-refractivity contribution is 7.17. The average molecular weight is 473 g/mol. The monoisotopic (exact) mass is 472 g/mol. The SMILES string of the molecule is CCOc1cc(C(=N)N2CCCCC2)ccc1-c1cc(CNC(=O)c2ccc(Cl)s2)on1. The molecule has 1 aliphatic heterocycles. The van der Waals surface area contributed by atoms with Crippen LogP contribution in [-0.4, -0.2) is 41.5 Å². The maximum absolute atomic E-state index is 12.2. The standard InChI is InChI=1S/C23H25ClN4O3S/c1-2-30-19-12-15(22(25)28-10-4-3-5-11-28)6-7-17(19)18-13-16(31-27-18)14-26-23(29)20-8-9-21(24)32-20/h6-9,12-13,25H,2-5,10-11,14H2,1H3,(H,26,29). The number of piperidine rings is 1. The van der Waals surface area contributed by atoms with Crippen molar-refractivity contribution >= 4 is 34.7 Å². The molecule has 2 N–H and O–H groups in total. The van der Waals surface area contributed by atoms with Gasteiger partial charge in [-0.1, -0.05) is 22.8 Å². The number of amidine groups is 1. The molecule has 1 amide bonds. The van der Waals surface area contributed by atoms with Crippen LogP contribution in [0.25, 0.3) is 11.3 Å². The van der Waals surface area contributed by atoms with E-state index in [9.17, 15) is 4.79 Å². The minimum atomic E-state index is -0.213. The van der Waals surface area contributed by atoms with Crippen LogP contribution in [0.3, 0.4) is 0 Å². The molecule has 0 spiro atoms. The second-order valence-corrected chi connectivity index (χ2v) is 9.22. The molecule has 1 aliphatic rings. The molecule has 2 aromatic heterocycles. The maximum atomic E-state index is 12.2. The predicted octanol–water partition coefficient (Wildman–Crippen LogP) is 5.20. The van der Waals surface area contributed by atoms with Crippen LogP contribution in [0.1, 0.15) is 47.2 Å². The Balaban J connectivity index is 1.48. The van der Waals surface area contributed by atoms with Gasteiger partial charge in [0.25, 0.3) is 5.91 Å². The summed E-state index contributed by atoms with van der Waals surface area (Å²) in [7, 11) is 0. The van der Waals surface area contributed by atoms with Crippen molar-refractivity contribution in [2.75, 3.05) is 19.7 Å². The van der Waals surface area contributed by atoms with E-state index in [2.05, 4.69) is 15.4 Å². The van der Waals surface area contributed by atoms with Gasteiger partial charge in [-0.15, -0.1) is 11.3 Å². The average Bonchev–Trinajstić information content (AvgIpc) is 3.47. The molecule has 1 aromatic carbocycles. The van der Waals surface area contributed by atoms with Gasteiger partial charge in [0.05, 0.1) is 22.4 Å². The van der Waals surface area contributed by atoms with E-state index < -0.39 is 0 Å². The first-order valence-electron chi connectivity index (χ1n) is 10.7. The molecule has 0 aliphatic carbocycles. The van der Waals surface area contributed by atoms with E-state index in [1.807, 2.05) is 25.1 Å². The van der Waals surface area contributed by atoms with E-state index >= 15 is 0 Å². The number of thiophene rings is 1. The number of aromatic nitrogens is 1. The fraction of sp³-hybridized carbons (Fsp3) is 0.348. The lowest BCUT2D eigenvalue weighted by molar-refractivity contribution is 0.0951. The molecule has 3 heterocycles. The smallest absolute Gasteiger partial charge is 0.261 e. The summed E-state index contributed by atoms with van der Waals surface area (Å²) in [6.07, 6.45) is 3.47. The van der Waals surface area contributed by atoms with Crippen LogP contribution in [-0.2, 0) is 6.54 Å². The molecule has 7 nitrogen and oxygen atoms in total. The van der Waals surface area contributed by atoms with Crippen molar-refractivity contribution in [1.29, 1.82) is 5.41 Å². The number of hydrogen-bond donors (Lipinski definition) is 2. The summed E-state index contributed by atoms with van der Waals surface area (Å²) < 4.78 is 11.8. The summed E-state index contributed by atoms with van der Waals surface area (Å²) >= 11 is 7.11. The third-order valence-electron chi connectivity index (χ3n) is 5.28. The Morgan fingerprint density at radius 3 is 2.78 bits per heavy atom. The Hall–Kier alpha value is -2.84. The Morgan fingerprint density at radius 1 is 1.25 bits per heavy atom. The van der Waals surface area contributed by atoms with Crippen LogP contribution in [0.15, 0.2) is 40.9 Å². The van der Waals surface area contributed by atoms with E-state index in [-0.39, 0.29) is 12.5 Å². The number of halogens is 1. The highest BCUT2D eigenvalue weighted by Crippen LogP contribution is 2.31. The van der Waals surface area contributed by atoms with Gasteiger partial charge in [0.1, 0.15) is 17.3 Å². The van der Waals surface area contributed by atoms with Gasteiger partial charge in [-0.05, 0) is 50.5 Å². The van der Waals surface area contributed by atoms with Gasteiger partial charge in [-0.3, -0.25) is 10.2 Å². The van der Waals surface area contributed by atoms with Crippen molar-refractivity contribution in [2.24, 2.45) is 0 Å². The molecule has 0 unspecified atom stereocenters. The van der Waals surface area contributed by atoms with Gasteiger partial charge in [-0.2, -0.15) is 0 Å². The molecule has 3 aromatic rings. The normalized spacial score (nSPS) is 13.8. The summed E-state index contributed by atoms with van der Waals surface area (Å²) in [5, 5.41) is 15.6. The second-order valence-electron chi connectivity index (χ2n) is 7.51. The van der Waals surface area contributed by atoms with Gasteiger partial charge >= 0.3 is 0 Å². The Morgan fingerprint density at radius 2 is 2.06 bits per heavy atom. The van der Waals surface area contributed by atoms with Crippen LogP contribution < -0.4 is 10.1 Å². The number of rotatable bonds is 7. The zero-order valence-electron chi connectivity index (χ0n) is 17.8. The number of carbonyl (C=O) groups excluding carboxylic acids is 1. The number of likely N-dealkylation sites (tertiary alicyclic amines) is 1. The third-order valence-corrected chi connectivity index (χ3v) is 6.51. The molecule has 168 valence electrons. The predicted molar refractivity (Wildman–Crippen MR) is 126 cm³/mol. The summed E-state index contributed by atoms with van der Waals surface area (Å²) in [6.45, 7) is 4.47. The van der Waals surface area contributed by atoms with Gasteiger partial charge in [0.2, 0.25) is 0 Å². The van der Waals surface area contributed by atoms with E-state index in [4.69, 9.17) is 26.3 Å². The Kier molecular flexibility index (Phi) is 7.12. The van der Waals surface area contributed by atoms with Crippen molar-refractivity contribution in [3.63, 3.8) is 0 Å². The maximum Gasteiger partial charge on any atom is 0.261 e. The molecule has 4 rings (SSSR count). The summed E-state index contributed by atoms with van der Waals surface area (Å²) in [5.74, 6) is 1.50. The van der Waals surface area contributed by atoms with Gasteiger partial charge in [0.15, 0.2) is 5.76 Å². The van der Waals surface area contributed by atoms with E-state index in [0.29, 0.717) is 38.9 Å². The molecule has 1 fully saturated rings. The highest BCUT2D eigenvalue weighted by Gasteiger charge is 2.19. The zero-order valence-corrected chi connectivity index (χ0v) is 19.4. The number of carbonyl (C=O) groups is 1. The summed E-state index contributed by atoms with van der Waals surface area (Å²) in [6, 6.07) is 10.9. The largest absolute Gasteiger partial charge is 0.493 e. The minimum absolute atomic E-state index is 0.211. The number of hydrogen-bond acceptors (Lipinski definition) is 6. The zero-order chi connectivity index (χ0) is 22.5. The molecule has 0 bridgehead atoms. The fourth-order valence-electron chi connectivity index (χ4n) is 3.67. The van der Waals surface area contributed by atoms with Crippen LogP contribution >= 0.6 is 22.9 Å². The summed E-state index contributed by atoms with van der Waals surface area (Å²) in [4.78, 5) is 14.9. The van der Waals surface area contributed by atoms with Crippen molar-refractivity contribution in [3.05, 3.63) is 56.9 Å². The number of amides is 1. The van der Waals surface area contributed by atoms with Gasteiger partial charge in [0, 0.05) is 30.3 Å². The highest BCUT2D eigenvalue weighted by atomic mass is 35.5. The fourth-order valence-corrected chi connectivity index (χ4v) is 4.63. The molecular formula is C23H25ClN4O3S. The van der Waals surface area contributed by atoms with E-state index in [1.54, 1.807) is 18.2 Å². The van der Waals surface area contributed by atoms with Gasteiger partial charge < -0.3 is 19.5 Å². The molecule has 0 saturated carbocycles. The number of benzene rings is 1. The topological polar surface area (TPSA) is 91.5 Å². The van der Waals surface area contributed by atoms with Crippen molar-refractivity contribution in [1.82, 2.24) is 15.4 Å². The van der Waals surface area contributed by atoms with Crippen LogP contribution in [0.2, 0.25) is 4.34 Å². The number of nitrogens with one attached hydrogen (secondary N) is 2. The lowest BCUT2D eigenvalue weighted by Crippen LogP contribution is -2.35. The molecule has 9 heteroatoms. The molecule has 0 atom stereocenters. The minimum Gasteiger partial charge on any atom is -0.493 e. The van der Waals surface area contributed by atoms with E-state index in [0.717, 1.165) is 37.1 Å².